The molecule has 0 amide bonds. The topological polar surface area (TPSA) is 99.9 Å². The maximum absolute atomic E-state index is 12.6. The van der Waals surface area contributed by atoms with Crippen LogP contribution in [0.15, 0.2) is 24.3 Å². The first-order chi connectivity index (χ1) is 12.9. The van der Waals surface area contributed by atoms with E-state index in [9.17, 15) is 9.59 Å². The summed E-state index contributed by atoms with van der Waals surface area (Å²) in [6.45, 7) is 11.6. The Kier molecular flexibility index (Phi) is 8.91. The van der Waals surface area contributed by atoms with Gasteiger partial charge in [0.25, 0.3) is 0 Å². The van der Waals surface area contributed by atoms with Crippen LogP contribution in [0.4, 0.5) is 0 Å². The lowest BCUT2D eigenvalue weighted by molar-refractivity contribution is -0.158. The van der Waals surface area contributed by atoms with Crippen LogP contribution in [-0.2, 0) is 25.5 Å². The number of carbonyl (C=O) groups is 2. The van der Waals surface area contributed by atoms with Gasteiger partial charge >= 0.3 is 11.9 Å². The third-order valence-electron chi connectivity index (χ3n) is 3.35. The molecule has 0 radical (unpaired) electrons. The van der Waals surface area contributed by atoms with Crippen LogP contribution < -0.4 is 15.8 Å². The van der Waals surface area contributed by atoms with E-state index in [2.05, 4.69) is 5.32 Å². The number of hydrogen-bond donors (Lipinski definition) is 2. The zero-order chi connectivity index (χ0) is 21.4. The average molecular weight is 395 g/mol. The molecule has 0 aliphatic carbocycles. The van der Waals surface area contributed by atoms with Gasteiger partial charge in [0.05, 0.1) is 6.54 Å². The molecule has 0 heterocycles. The summed E-state index contributed by atoms with van der Waals surface area (Å²) in [5, 5.41) is 2.96. The minimum atomic E-state index is -0.678. The van der Waals surface area contributed by atoms with Gasteiger partial charge in [-0.05, 0) is 65.7 Å². The van der Waals surface area contributed by atoms with Gasteiger partial charge in [-0.1, -0.05) is 12.1 Å². The predicted molar refractivity (Wildman–Crippen MR) is 108 cm³/mol. The zero-order valence-electron chi connectivity index (χ0n) is 17.8. The van der Waals surface area contributed by atoms with Gasteiger partial charge in [0.1, 0.15) is 29.6 Å². The van der Waals surface area contributed by atoms with E-state index in [1.165, 1.54) is 0 Å². The van der Waals surface area contributed by atoms with Gasteiger partial charge in [0.15, 0.2) is 0 Å². The second kappa shape index (κ2) is 10.4. The molecular formula is C21H34N2O5. The highest BCUT2D eigenvalue weighted by atomic mass is 16.6. The molecule has 0 fully saturated rings. The number of esters is 2. The Balaban J connectivity index is 2.79. The molecule has 1 aromatic rings. The lowest BCUT2D eigenvalue weighted by Gasteiger charge is -2.25. The standard InChI is InChI=1S/C21H34N2O5/c1-20(2,3)27-18(24)14-23-17(19(25)28-21(4,5)6)13-15-7-9-16(10-8-15)26-12-11-22/h7-10,17,23H,11-14,22H2,1-6H3/t17-/m0/s1. The predicted octanol–water partition coefficient (Wildman–Crippen LogP) is 2.21. The third kappa shape index (κ3) is 10.3. The molecular weight excluding hydrogens is 360 g/mol. The van der Waals surface area contributed by atoms with Crippen LogP contribution in [0.1, 0.15) is 47.1 Å². The highest BCUT2D eigenvalue weighted by Gasteiger charge is 2.26. The summed E-state index contributed by atoms with van der Waals surface area (Å²) in [6.07, 6.45) is 0.370. The van der Waals surface area contributed by atoms with E-state index in [1.807, 2.05) is 24.3 Å². The van der Waals surface area contributed by atoms with Gasteiger partial charge in [0, 0.05) is 6.54 Å². The minimum absolute atomic E-state index is 0.0845. The molecule has 1 rings (SSSR count). The molecule has 0 aliphatic rings. The van der Waals surface area contributed by atoms with Crippen molar-refractivity contribution < 1.29 is 23.8 Å². The number of ether oxygens (including phenoxy) is 3. The molecule has 0 spiro atoms. The molecule has 0 aromatic heterocycles. The van der Waals surface area contributed by atoms with Crippen molar-refractivity contribution in [3.63, 3.8) is 0 Å². The summed E-state index contributed by atoms with van der Waals surface area (Å²) in [4.78, 5) is 24.6. The molecule has 28 heavy (non-hydrogen) atoms. The first-order valence-electron chi connectivity index (χ1n) is 9.49. The summed E-state index contributed by atoms with van der Waals surface area (Å²) >= 11 is 0. The number of benzene rings is 1. The number of rotatable bonds is 9. The third-order valence-corrected chi connectivity index (χ3v) is 3.35. The van der Waals surface area contributed by atoms with Crippen molar-refractivity contribution in [2.45, 2.75) is 65.2 Å². The van der Waals surface area contributed by atoms with Crippen LogP contribution >= 0.6 is 0 Å². The SMILES string of the molecule is CC(C)(C)OC(=O)CN[C@@H](Cc1ccc(OCCN)cc1)C(=O)OC(C)(C)C. The number of hydrogen-bond acceptors (Lipinski definition) is 7. The smallest absolute Gasteiger partial charge is 0.324 e. The van der Waals surface area contributed by atoms with Gasteiger partial charge in [-0.3, -0.25) is 14.9 Å². The highest BCUT2D eigenvalue weighted by molar-refractivity contribution is 5.78. The van der Waals surface area contributed by atoms with E-state index in [1.54, 1.807) is 41.5 Å². The quantitative estimate of drug-likeness (QED) is 0.619. The molecule has 0 bridgehead atoms. The second-order valence-electron chi connectivity index (χ2n) is 8.54. The van der Waals surface area contributed by atoms with Crippen LogP contribution in [-0.4, -0.2) is 48.9 Å². The second-order valence-corrected chi connectivity index (χ2v) is 8.54. The molecule has 7 nitrogen and oxygen atoms in total. The molecule has 1 atom stereocenters. The Bertz CT molecular complexity index is 630. The Morgan fingerprint density at radius 2 is 1.57 bits per heavy atom. The van der Waals surface area contributed by atoms with Crippen LogP contribution in [0.3, 0.4) is 0 Å². The Morgan fingerprint density at radius 1 is 1.00 bits per heavy atom. The fraction of sp³-hybridized carbons (Fsp3) is 0.619. The largest absolute Gasteiger partial charge is 0.492 e. The molecule has 0 saturated heterocycles. The first kappa shape index (κ1) is 23.9. The lowest BCUT2D eigenvalue weighted by atomic mass is 10.1. The van der Waals surface area contributed by atoms with Crippen molar-refractivity contribution >= 4 is 11.9 Å². The molecule has 1 aromatic carbocycles. The Hall–Kier alpha value is -2.12. The van der Waals surface area contributed by atoms with Crippen LogP contribution in [0.5, 0.6) is 5.75 Å². The molecule has 0 saturated carbocycles. The summed E-state index contributed by atoms with van der Waals surface area (Å²) in [5.74, 6) is -0.129. The van der Waals surface area contributed by atoms with E-state index < -0.39 is 29.2 Å². The van der Waals surface area contributed by atoms with Gasteiger partial charge in [-0.2, -0.15) is 0 Å². The van der Waals surface area contributed by atoms with E-state index in [0.29, 0.717) is 25.3 Å². The Morgan fingerprint density at radius 3 is 2.07 bits per heavy atom. The summed E-state index contributed by atoms with van der Waals surface area (Å²) < 4.78 is 16.2. The van der Waals surface area contributed by atoms with Crippen molar-refractivity contribution in [3.8, 4) is 5.75 Å². The van der Waals surface area contributed by atoms with E-state index in [4.69, 9.17) is 19.9 Å². The van der Waals surface area contributed by atoms with Crippen molar-refractivity contribution in [3.05, 3.63) is 29.8 Å². The lowest BCUT2D eigenvalue weighted by Crippen LogP contribution is -2.45. The molecule has 158 valence electrons. The summed E-state index contributed by atoms with van der Waals surface area (Å²) in [6, 6.07) is 6.72. The molecule has 0 unspecified atom stereocenters. The van der Waals surface area contributed by atoms with Gasteiger partial charge in [-0.25, -0.2) is 0 Å². The van der Waals surface area contributed by atoms with Gasteiger partial charge < -0.3 is 19.9 Å². The fourth-order valence-electron chi connectivity index (χ4n) is 2.33. The normalized spacial score (nSPS) is 13.0. The van der Waals surface area contributed by atoms with E-state index in [-0.39, 0.29) is 6.54 Å². The van der Waals surface area contributed by atoms with Crippen molar-refractivity contribution in [1.29, 1.82) is 0 Å². The van der Waals surface area contributed by atoms with E-state index in [0.717, 1.165) is 5.56 Å². The minimum Gasteiger partial charge on any atom is -0.492 e. The van der Waals surface area contributed by atoms with Crippen molar-refractivity contribution in [2.75, 3.05) is 19.7 Å². The molecule has 3 N–H and O–H groups in total. The maximum Gasteiger partial charge on any atom is 0.324 e. The van der Waals surface area contributed by atoms with Gasteiger partial charge in [0.2, 0.25) is 0 Å². The highest BCUT2D eigenvalue weighted by Crippen LogP contribution is 2.15. The van der Waals surface area contributed by atoms with E-state index >= 15 is 0 Å². The zero-order valence-corrected chi connectivity index (χ0v) is 17.8. The van der Waals surface area contributed by atoms with Crippen molar-refractivity contribution in [1.82, 2.24) is 5.32 Å². The molecule has 0 aliphatic heterocycles. The number of nitrogens with two attached hydrogens (primary N) is 1. The first-order valence-corrected chi connectivity index (χ1v) is 9.49. The number of carbonyl (C=O) groups excluding carboxylic acids is 2. The van der Waals surface area contributed by atoms with Crippen LogP contribution in [0.25, 0.3) is 0 Å². The van der Waals surface area contributed by atoms with Crippen LogP contribution in [0, 0.1) is 0 Å². The van der Waals surface area contributed by atoms with Crippen molar-refractivity contribution in [2.24, 2.45) is 5.73 Å². The monoisotopic (exact) mass is 394 g/mol. The Labute approximate surface area is 167 Å². The summed E-state index contributed by atoms with van der Waals surface area (Å²) in [5.41, 5.74) is 5.13. The summed E-state index contributed by atoms with van der Waals surface area (Å²) in [7, 11) is 0. The average Bonchev–Trinajstić information content (AvgIpc) is 2.54. The number of nitrogens with one attached hydrogen (secondary N) is 1. The fourth-order valence-corrected chi connectivity index (χ4v) is 2.33. The van der Waals surface area contributed by atoms with Crippen LogP contribution in [0.2, 0.25) is 0 Å². The molecule has 7 heteroatoms. The van der Waals surface area contributed by atoms with Gasteiger partial charge in [-0.15, -0.1) is 0 Å². The maximum atomic E-state index is 12.6.